The summed E-state index contributed by atoms with van der Waals surface area (Å²) in [6.07, 6.45) is 1.64. The van der Waals surface area contributed by atoms with Crippen molar-refractivity contribution in [2.45, 2.75) is 0 Å². The minimum atomic E-state index is -0.483. The van der Waals surface area contributed by atoms with Gasteiger partial charge in [0.1, 0.15) is 5.69 Å². The molecule has 0 aliphatic rings. The van der Waals surface area contributed by atoms with Crippen LogP contribution in [0.1, 0.15) is 10.5 Å². The Bertz CT molecular complexity index is 622. The molecule has 0 saturated carbocycles. The van der Waals surface area contributed by atoms with Crippen molar-refractivity contribution >= 4 is 17.3 Å². The predicted octanol–water partition coefficient (Wildman–Crippen LogP) is 2.01. The molecule has 3 N–H and O–H groups in total. The summed E-state index contributed by atoms with van der Waals surface area (Å²) in [4.78, 5) is 12.0. The number of benzene rings is 1. The van der Waals surface area contributed by atoms with Crippen molar-refractivity contribution in [2.24, 2.45) is 7.05 Å². The minimum absolute atomic E-state index is 0.0733. The van der Waals surface area contributed by atoms with Crippen molar-refractivity contribution in [1.82, 2.24) is 4.57 Å². The smallest absolute Gasteiger partial charge is 0.272 e. The molecule has 19 heavy (non-hydrogen) atoms. The maximum Gasteiger partial charge on any atom is 0.272 e. The van der Waals surface area contributed by atoms with E-state index in [-0.39, 0.29) is 11.7 Å². The summed E-state index contributed by atoms with van der Waals surface area (Å²) in [6.45, 7) is 0. The highest BCUT2D eigenvalue weighted by atomic mass is 19.1. The molecule has 0 fully saturated rings. The van der Waals surface area contributed by atoms with Gasteiger partial charge in [-0.25, -0.2) is 4.39 Å². The van der Waals surface area contributed by atoms with Gasteiger partial charge in [0.2, 0.25) is 0 Å². The molecule has 0 spiro atoms. The lowest BCUT2D eigenvalue weighted by Gasteiger charge is -2.08. The fourth-order valence-corrected chi connectivity index (χ4v) is 1.75. The van der Waals surface area contributed by atoms with Gasteiger partial charge in [0.15, 0.2) is 11.6 Å². The second kappa shape index (κ2) is 5.01. The maximum absolute atomic E-state index is 13.2. The number of nitrogen functional groups attached to an aromatic ring is 1. The van der Waals surface area contributed by atoms with Crippen LogP contribution in [-0.4, -0.2) is 17.6 Å². The fourth-order valence-electron chi connectivity index (χ4n) is 1.75. The van der Waals surface area contributed by atoms with Gasteiger partial charge in [-0.3, -0.25) is 4.79 Å². The van der Waals surface area contributed by atoms with E-state index in [2.05, 4.69) is 5.32 Å². The Labute approximate surface area is 109 Å². The van der Waals surface area contributed by atoms with Gasteiger partial charge in [-0.2, -0.15) is 0 Å². The van der Waals surface area contributed by atoms with Crippen LogP contribution in [0.3, 0.4) is 0 Å². The van der Waals surface area contributed by atoms with Crippen molar-refractivity contribution in [2.75, 3.05) is 18.2 Å². The SMILES string of the molecule is COc1cc(NC(=O)c2cc(N)cn2C)ccc1F. The first-order chi connectivity index (χ1) is 9.01. The van der Waals surface area contributed by atoms with Gasteiger partial charge in [-0.1, -0.05) is 0 Å². The molecule has 2 aromatic rings. The van der Waals surface area contributed by atoms with E-state index in [9.17, 15) is 9.18 Å². The van der Waals surface area contributed by atoms with Crippen LogP contribution in [-0.2, 0) is 7.05 Å². The monoisotopic (exact) mass is 263 g/mol. The van der Waals surface area contributed by atoms with E-state index in [1.165, 1.54) is 25.3 Å². The molecule has 1 aromatic heterocycles. The standard InChI is InChI=1S/C13H14FN3O2/c1-17-7-8(15)5-11(17)13(18)16-9-3-4-10(14)12(6-9)19-2/h3-7H,15H2,1-2H3,(H,16,18). The lowest BCUT2D eigenvalue weighted by Crippen LogP contribution is -2.15. The van der Waals surface area contributed by atoms with Crippen molar-refractivity contribution in [1.29, 1.82) is 0 Å². The summed E-state index contributed by atoms with van der Waals surface area (Å²) in [6, 6.07) is 5.67. The van der Waals surface area contributed by atoms with Gasteiger partial charge < -0.3 is 20.4 Å². The first-order valence-electron chi connectivity index (χ1n) is 5.58. The molecule has 0 unspecified atom stereocenters. The van der Waals surface area contributed by atoms with Crippen molar-refractivity contribution in [3.63, 3.8) is 0 Å². The van der Waals surface area contributed by atoms with Gasteiger partial charge >= 0.3 is 0 Å². The molecule has 0 saturated heterocycles. The van der Waals surface area contributed by atoms with E-state index in [1.807, 2.05) is 0 Å². The maximum atomic E-state index is 13.2. The number of rotatable bonds is 3. The van der Waals surface area contributed by atoms with Gasteiger partial charge in [0.25, 0.3) is 5.91 Å². The highest BCUT2D eigenvalue weighted by molar-refractivity contribution is 6.03. The number of carbonyl (C=O) groups is 1. The topological polar surface area (TPSA) is 69.3 Å². The number of ether oxygens (including phenoxy) is 1. The number of aromatic nitrogens is 1. The molecule has 0 aliphatic carbocycles. The summed E-state index contributed by atoms with van der Waals surface area (Å²) in [7, 11) is 3.08. The number of methoxy groups -OCH3 is 1. The van der Waals surface area contributed by atoms with Gasteiger partial charge in [0.05, 0.1) is 12.8 Å². The molecule has 5 nitrogen and oxygen atoms in total. The Morgan fingerprint density at radius 3 is 2.74 bits per heavy atom. The van der Waals surface area contributed by atoms with Crippen LogP contribution in [0.4, 0.5) is 15.8 Å². The Morgan fingerprint density at radius 1 is 1.42 bits per heavy atom. The normalized spacial score (nSPS) is 10.3. The van der Waals surface area contributed by atoms with Crippen molar-refractivity contribution in [3.8, 4) is 5.75 Å². The molecule has 0 atom stereocenters. The van der Waals surface area contributed by atoms with Crippen LogP contribution in [0.25, 0.3) is 0 Å². The summed E-state index contributed by atoms with van der Waals surface area (Å²) < 4.78 is 19.7. The number of aryl methyl sites for hydroxylation is 1. The second-order valence-corrected chi connectivity index (χ2v) is 4.07. The molecule has 0 bridgehead atoms. The third-order valence-corrected chi connectivity index (χ3v) is 2.67. The molecule has 0 radical (unpaired) electrons. The van der Waals surface area contributed by atoms with Crippen molar-refractivity contribution < 1.29 is 13.9 Å². The zero-order chi connectivity index (χ0) is 14.0. The summed E-state index contributed by atoms with van der Waals surface area (Å²) >= 11 is 0. The lowest BCUT2D eigenvalue weighted by atomic mass is 10.2. The highest BCUT2D eigenvalue weighted by Gasteiger charge is 2.12. The number of amides is 1. The Balaban J connectivity index is 2.21. The van der Waals surface area contributed by atoms with E-state index in [4.69, 9.17) is 10.5 Å². The van der Waals surface area contributed by atoms with E-state index in [1.54, 1.807) is 23.9 Å². The second-order valence-electron chi connectivity index (χ2n) is 4.07. The Morgan fingerprint density at radius 2 is 2.16 bits per heavy atom. The number of hydrogen-bond donors (Lipinski definition) is 2. The fraction of sp³-hybridized carbons (Fsp3) is 0.154. The summed E-state index contributed by atoms with van der Waals surface area (Å²) in [5.41, 5.74) is 6.97. The third kappa shape index (κ3) is 2.67. The summed E-state index contributed by atoms with van der Waals surface area (Å²) in [5.74, 6) is -0.735. The number of nitrogens with zero attached hydrogens (tertiary/aromatic N) is 1. The number of halogens is 1. The molecule has 6 heteroatoms. The zero-order valence-corrected chi connectivity index (χ0v) is 10.6. The molecular weight excluding hydrogens is 249 g/mol. The highest BCUT2D eigenvalue weighted by Crippen LogP contribution is 2.22. The van der Waals surface area contributed by atoms with Crippen LogP contribution in [0.5, 0.6) is 5.75 Å². The molecular formula is C13H14FN3O2. The number of carbonyl (C=O) groups excluding carboxylic acids is 1. The quantitative estimate of drug-likeness (QED) is 0.890. The van der Waals surface area contributed by atoms with E-state index in [0.717, 1.165) is 0 Å². The van der Waals surface area contributed by atoms with Crippen LogP contribution in [0.2, 0.25) is 0 Å². The Hall–Kier alpha value is -2.50. The van der Waals surface area contributed by atoms with Crippen LogP contribution >= 0.6 is 0 Å². The molecule has 0 aliphatic heterocycles. The lowest BCUT2D eigenvalue weighted by molar-refractivity contribution is 0.101. The average Bonchev–Trinajstić information content (AvgIpc) is 2.71. The number of nitrogens with two attached hydrogens (primary N) is 1. The number of hydrogen-bond acceptors (Lipinski definition) is 3. The minimum Gasteiger partial charge on any atom is -0.494 e. The van der Waals surface area contributed by atoms with E-state index in [0.29, 0.717) is 17.1 Å². The molecule has 1 amide bonds. The molecule has 100 valence electrons. The van der Waals surface area contributed by atoms with Crippen LogP contribution < -0.4 is 15.8 Å². The van der Waals surface area contributed by atoms with Crippen LogP contribution in [0, 0.1) is 5.82 Å². The van der Waals surface area contributed by atoms with Gasteiger partial charge in [0, 0.05) is 25.0 Å². The largest absolute Gasteiger partial charge is 0.494 e. The number of nitrogens with one attached hydrogen (secondary N) is 1. The Kier molecular flexibility index (Phi) is 3.41. The van der Waals surface area contributed by atoms with E-state index < -0.39 is 5.82 Å². The zero-order valence-electron chi connectivity index (χ0n) is 10.6. The van der Waals surface area contributed by atoms with Gasteiger partial charge in [-0.15, -0.1) is 0 Å². The number of anilines is 2. The molecule has 1 aromatic carbocycles. The molecule has 1 heterocycles. The van der Waals surface area contributed by atoms with Crippen LogP contribution in [0.15, 0.2) is 30.5 Å². The third-order valence-electron chi connectivity index (χ3n) is 2.67. The average molecular weight is 263 g/mol. The first-order valence-corrected chi connectivity index (χ1v) is 5.58. The predicted molar refractivity (Wildman–Crippen MR) is 70.7 cm³/mol. The first kappa shape index (κ1) is 12.9. The molecule has 2 rings (SSSR count). The van der Waals surface area contributed by atoms with Crippen molar-refractivity contribution in [3.05, 3.63) is 42.0 Å². The summed E-state index contributed by atoms with van der Waals surface area (Å²) in [5, 5.41) is 2.65. The van der Waals surface area contributed by atoms with Gasteiger partial charge in [-0.05, 0) is 18.2 Å². The van der Waals surface area contributed by atoms with E-state index >= 15 is 0 Å².